The van der Waals surface area contributed by atoms with Crippen LogP contribution in [0.2, 0.25) is 0 Å². The average Bonchev–Trinajstić information content (AvgIpc) is 3.39. The van der Waals surface area contributed by atoms with Gasteiger partial charge in [-0.2, -0.15) is 13.2 Å². The SMILES string of the molecule is C[C@@H]1CN(c2nc(-n3ccc(O[C@@H]4C[C@H]4C(F)(F)F)n3)cc(S(=O)(=O)c3ccccc3)c2C(N)=O)C(C)(C)C1. The van der Waals surface area contributed by atoms with Gasteiger partial charge in [-0.1, -0.05) is 25.1 Å². The number of pyridine rings is 1. The summed E-state index contributed by atoms with van der Waals surface area (Å²) in [6.07, 6.45) is -3.37. The zero-order valence-electron chi connectivity index (χ0n) is 21.5. The average molecular weight is 564 g/mol. The number of carbonyl (C=O) groups is 1. The Hall–Kier alpha value is -3.61. The van der Waals surface area contributed by atoms with Crippen LogP contribution in [-0.4, -0.2) is 53.5 Å². The molecule has 1 saturated carbocycles. The molecule has 208 valence electrons. The van der Waals surface area contributed by atoms with Crippen LogP contribution in [0.3, 0.4) is 0 Å². The number of ether oxygens (including phenoxy) is 1. The summed E-state index contributed by atoms with van der Waals surface area (Å²) >= 11 is 0. The van der Waals surface area contributed by atoms with Gasteiger partial charge in [0.25, 0.3) is 5.91 Å². The van der Waals surface area contributed by atoms with Crippen LogP contribution < -0.4 is 15.4 Å². The third-order valence-electron chi connectivity index (χ3n) is 7.09. The Kier molecular flexibility index (Phi) is 6.40. The molecule has 2 fully saturated rings. The molecule has 2 aliphatic rings. The Morgan fingerprint density at radius 3 is 2.44 bits per heavy atom. The second kappa shape index (κ2) is 9.25. The fraction of sp³-hybridized carbons (Fsp3) is 0.423. The number of benzene rings is 1. The minimum absolute atomic E-state index is 0.0397. The normalized spacial score (nSPS) is 22.6. The maximum atomic E-state index is 13.8. The molecule has 9 nitrogen and oxygen atoms in total. The van der Waals surface area contributed by atoms with Crippen molar-refractivity contribution in [2.24, 2.45) is 17.6 Å². The third kappa shape index (κ3) is 5.07. The monoisotopic (exact) mass is 563 g/mol. The number of hydrogen-bond acceptors (Lipinski definition) is 7. The van der Waals surface area contributed by atoms with Crippen LogP contribution in [0.1, 0.15) is 44.0 Å². The number of rotatable bonds is 7. The molecule has 3 heterocycles. The molecule has 0 unspecified atom stereocenters. The predicted octanol–water partition coefficient (Wildman–Crippen LogP) is 4.15. The second-order valence-electron chi connectivity index (χ2n) is 10.7. The predicted molar refractivity (Wildman–Crippen MR) is 136 cm³/mol. The van der Waals surface area contributed by atoms with Gasteiger partial charge in [-0.3, -0.25) is 4.79 Å². The lowest BCUT2D eigenvalue weighted by molar-refractivity contribution is -0.153. The van der Waals surface area contributed by atoms with Crippen LogP contribution >= 0.6 is 0 Å². The zero-order chi connectivity index (χ0) is 28.3. The molecule has 1 aromatic carbocycles. The Morgan fingerprint density at radius 1 is 1.18 bits per heavy atom. The lowest BCUT2D eigenvalue weighted by atomic mass is 9.97. The van der Waals surface area contributed by atoms with Gasteiger partial charge in [-0.15, -0.1) is 5.10 Å². The van der Waals surface area contributed by atoms with Crippen LogP contribution in [0.4, 0.5) is 19.0 Å². The second-order valence-corrected chi connectivity index (χ2v) is 12.6. The number of primary amides is 1. The molecule has 0 radical (unpaired) electrons. The number of nitrogens with two attached hydrogens (primary N) is 1. The zero-order valence-corrected chi connectivity index (χ0v) is 22.3. The first kappa shape index (κ1) is 27.0. The summed E-state index contributed by atoms with van der Waals surface area (Å²) in [5, 5.41) is 4.20. The molecule has 1 aliphatic heterocycles. The van der Waals surface area contributed by atoms with Crippen molar-refractivity contribution in [1.29, 1.82) is 0 Å². The minimum Gasteiger partial charge on any atom is -0.473 e. The van der Waals surface area contributed by atoms with E-state index in [1.54, 1.807) is 18.2 Å². The van der Waals surface area contributed by atoms with Gasteiger partial charge >= 0.3 is 6.18 Å². The van der Waals surface area contributed by atoms with Crippen molar-refractivity contribution >= 4 is 21.6 Å². The summed E-state index contributed by atoms with van der Waals surface area (Å²) in [5.74, 6) is -2.20. The number of sulfone groups is 1. The van der Waals surface area contributed by atoms with Gasteiger partial charge in [-0.05, 0) is 44.7 Å². The molecule has 1 aliphatic carbocycles. The van der Waals surface area contributed by atoms with Gasteiger partial charge in [0.15, 0.2) is 5.82 Å². The highest BCUT2D eigenvalue weighted by molar-refractivity contribution is 7.91. The van der Waals surface area contributed by atoms with Crippen molar-refractivity contribution in [3.05, 3.63) is 54.2 Å². The third-order valence-corrected chi connectivity index (χ3v) is 8.89. The first-order valence-corrected chi connectivity index (χ1v) is 13.9. The number of carbonyl (C=O) groups excluding carboxylic acids is 1. The van der Waals surface area contributed by atoms with Crippen molar-refractivity contribution in [3.8, 4) is 11.7 Å². The molecule has 39 heavy (non-hydrogen) atoms. The highest BCUT2D eigenvalue weighted by Crippen LogP contribution is 2.46. The molecule has 1 saturated heterocycles. The van der Waals surface area contributed by atoms with E-state index in [9.17, 15) is 26.4 Å². The lowest BCUT2D eigenvalue weighted by Gasteiger charge is -2.34. The molecule has 2 N–H and O–H groups in total. The summed E-state index contributed by atoms with van der Waals surface area (Å²) in [6, 6.07) is 10.2. The fourth-order valence-corrected chi connectivity index (χ4v) is 6.73. The molecule has 3 atom stereocenters. The standard InChI is InChI=1S/C26H28F3N5O4S/c1-15-13-25(2,3)33(14-15)24-22(23(30)35)19(39(36,37)16-7-5-4-6-8-16)12-20(31-24)34-10-9-21(32-34)38-18-11-17(18)26(27,28)29/h4-10,12,15,17-18H,11,13-14H2,1-3H3,(H2,30,35)/t15-,17+,18+/m0/s1. The topological polar surface area (TPSA) is 120 Å². The van der Waals surface area contributed by atoms with Gasteiger partial charge in [0.1, 0.15) is 17.5 Å². The van der Waals surface area contributed by atoms with Crippen LogP contribution in [0.15, 0.2) is 58.5 Å². The molecular formula is C26H28F3N5O4S. The number of nitrogens with zero attached hydrogens (tertiary/aromatic N) is 4. The maximum Gasteiger partial charge on any atom is 0.395 e. The van der Waals surface area contributed by atoms with Crippen LogP contribution in [0.25, 0.3) is 5.82 Å². The number of aromatic nitrogens is 3. The van der Waals surface area contributed by atoms with Gasteiger partial charge in [-0.25, -0.2) is 18.1 Å². The van der Waals surface area contributed by atoms with E-state index >= 15 is 0 Å². The van der Waals surface area contributed by atoms with Gasteiger partial charge < -0.3 is 15.4 Å². The highest BCUT2D eigenvalue weighted by atomic mass is 32.2. The molecule has 1 amide bonds. The van der Waals surface area contributed by atoms with Crippen molar-refractivity contribution < 1.29 is 31.1 Å². The maximum absolute atomic E-state index is 13.8. The summed E-state index contributed by atoms with van der Waals surface area (Å²) in [7, 11) is -4.24. The van der Waals surface area contributed by atoms with Crippen molar-refractivity contribution in [2.45, 2.75) is 61.2 Å². The molecule has 5 rings (SSSR count). The quantitative estimate of drug-likeness (QED) is 0.459. The van der Waals surface area contributed by atoms with E-state index in [1.807, 2.05) is 25.7 Å². The van der Waals surface area contributed by atoms with E-state index in [-0.39, 0.29) is 45.2 Å². The van der Waals surface area contributed by atoms with Gasteiger partial charge in [0.2, 0.25) is 15.7 Å². The van der Waals surface area contributed by atoms with Crippen LogP contribution in [0, 0.1) is 11.8 Å². The van der Waals surface area contributed by atoms with E-state index in [0.717, 1.165) is 6.42 Å². The summed E-state index contributed by atoms with van der Waals surface area (Å²) < 4.78 is 73.0. The van der Waals surface area contributed by atoms with Crippen LogP contribution in [-0.2, 0) is 9.84 Å². The number of anilines is 1. The van der Waals surface area contributed by atoms with Crippen LogP contribution in [0.5, 0.6) is 5.88 Å². The smallest absolute Gasteiger partial charge is 0.395 e. The largest absolute Gasteiger partial charge is 0.473 e. The molecule has 0 bridgehead atoms. The Labute approximate surface area is 223 Å². The summed E-state index contributed by atoms with van der Waals surface area (Å²) in [4.78, 5) is 18.9. The molecule has 2 aromatic heterocycles. The van der Waals surface area contributed by atoms with E-state index < -0.39 is 39.5 Å². The van der Waals surface area contributed by atoms with Crippen molar-refractivity contribution in [3.63, 3.8) is 0 Å². The molecule has 13 heteroatoms. The van der Waals surface area contributed by atoms with E-state index in [1.165, 1.54) is 35.1 Å². The van der Waals surface area contributed by atoms with Crippen molar-refractivity contribution in [2.75, 3.05) is 11.4 Å². The molecule has 0 spiro atoms. The fourth-order valence-electron chi connectivity index (χ4n) is 5.24. The Balaban J connectivity index is 1.64. The van der Waals surface area contributed by atoms with E-state index in [0.29, 0.717) is 6.54 Å². The number of amides is 1. The summed E-state index contributed by atoms with van der Waals surface area (Å²) in [6.45, 7) is 6.48. The van der Waals surface area contributed by atoms with E-state index in [4.69, 9.17) is 10.5 Å². The molecule has 3 aromatic rings. The van der Waals surface area contributed by atoms with Gasteiger partial charge in [0.05, 0.1) is 15.7 Å². The summed E-state index contributed by atoms with van der Waals surface area (Å²) in [5.41, 5.74) is 5.07. The molecular weight excluding hydrogens is 535 g/mol. The van der Waals surface area contributed by atoms with Crippen molar-refractivity contribution in [1.82, 2.24) is 14.8 Å². The number of alkyl halides is 3. The van der Waals surface area contributed by atoms with E-state index in [2.05, 4.69) is 10.1 Å². The number of halogens is 3. The highest BCUT2D eigenvalue weighted by Gasteiger charge is 2.58. The Bertz CT molecular complexity index is 1520. The number of hydrogen-bond donors (Lipinski definition) is 1. The Morgan fingerprint density at radius 2 is 1.87 bits per heavy atom. The minimum atomic E-state index is -4.35. The lowest BCUT2D eigenvalue weighted by Crippen LogP contribution is -2.40. The first-order chi connectivity index (χ1) is 18.2. The first-order valence-electron chi connectivity index (χ1n) is 12.4. The van der Waals surface area contributed by atoms with Gasteiger partial charge in [0, 0.05) is 30.4 Å².